The highest BCUT2D eigenvalue weighted by atomic mass is 32.2. The van der Waals surface area contributed by atoms with Crippen LogP contribution in [0.5, 0.6) is 0 Å². The molecule has 1 aliphatic heterocycles. The number of amides is 5. The van der Waals surface area contributed by atoms with E-state index in [4.69, 9.17) is 21.2 Å². The quantitative estimate of drug-likeness (QED) is 0.113. The minimum absolute atomic E-state index is 0.0792. The Bertz CT molecular complexity index is 1180. The average molecular weight is 695 g/mol. The molecule has 7 N–H and O–H groups in total. The van der Waals surface area contributed by atoms with Crippen LogP contribution in [-0.2, 0) is 40.2 Å². The minimum Gasteiger partial charge on any atom is -0.381 e. The normalized spacial score (nSPS) is 16.1. The second kappa shape index (κ2) is 21.2. The van der Waals surface area contributed by atoms with Crippen molar-refractivity contribution in [2.75, 3.05) is 24.7 Å². The molecule has 47 heavy (non-hydrogen) atoms. The van der Waals surface area contributed by atoms with Gasteiger partial charge in [-0.25, -0.2) is 0 Å². The summed E-state index contributed by atoms with van der Waals surface area (Å²) in [5.41, 5.74) is 11.5. The average Bonchev–Trinajstić information content (AvgIpc) is 3.02. The Balaban J connectivity index is 1.91. The molecule has 1 aromatic heterocycles. The summed E-state index contributed by atoms with van der Waals surface area (Å²) in [6, 6.07) is 4.22. The summed E-state index contributed by atoms with van der Waals surface area (Å²) >= 11 is 3.42. The zero-order valence-corrected chi connectivity index (χ0v) is 29.9. The summed E-state index contributed by atoms with van der Waals surface area (Å²) < 4.78 is 5.51. The van der Waals surface area contributed by atoms with Gasteiger partial charge in [-0.2, -0.15) is 23.5 Å². The third-order valence-corrected chi connectivity index (χ3v) is 10.2. The fourth-order valence-corrected chi connectivity index (χ4v) is 6.89. The van der Waals surface area contributed by atoms with Gasteiger partial charge in [0.2, 0.25) is 29.5 Å². The lowest BCUT2D eigenvalue weighted by molar-refractivity contribution is -0.140. The number of nitrogens with two attached hydrogens (primary N) is 2. The Labute approximate surface area is 287 Å². The van der Waals surface area contributed by atoms with Crippen LogP contribution < -0.4 is 27.4 Å². The number of rotatable bonds is 22. The number of thioether (sulfide) groups is 2. The SMILES string of the molecule is CC[C@H](C)[C@H](NC(=O)[C@H](CC(C)C)NC(=O)C1(NC(=O)CCCSCc2cccc(CSCCCC(N)=O)n2)CCOCC1)C(N)=O. The monoisotopic (exact) mass is 694 g/mol. The fourth-order valence-electron chi connectivity index (χ4n) is 5.17. The molecule has 3 atom stereocenters. The Morgan fingerprint density at radius 1 is 0.936 bits per heavy atom. The lowest BCUT2D eigenvalue weighted by Crippen LogP contribution is -2.64. The molecule has 2 rings (SSSR count). The fraction of sp³-hybridized carbons (Fsp3) is 0.697. The van der Waals surface area contributed by atoms with Crippen molar-refractivity contribution in [1.29, 1.82) is 0 Å². The number of nitrogens with one attached hydrogen (secondary N) is 3. The molecule has 1 aliphatic rings. The molecule has 0 aromatic carbocycles. The number of hydrogen-bond donors (Lipinski definition) is 5. The van der Waals surface area contributed by atoms with Gasteiger partial charge in [0, 0.05) is 50.4 Å². The van der Waals surface area contributed by atoms with E-state index in [0.29, 0.717) is 38.9 Å². The van der Waals surface area contributed by atoms with Crippen molar-refractivity contribution in [3.05, 3.63) is 29.6 Å². The van der Waals surface area contributed by atoms with Gasteiger partial charge in [-0.15, -0.1) is 0 Å². The van der Waals surface area contributed by atoms with Crippen molar-refractivity contribution in [3.63, 3.8) is 0 Å². The van der Waals surface area contributed by atoms with Crippen molar-refractivity contribution in [3.8, 4) is 0 Å². The van der Waals surface area contributed by atoms with Crippen LogP contribution in [0.4, 0.5) is 0 Å². The van der Waals surface area contributed by atoms with Crippen molar-refractivity contribution in [1.82, 2.24) is 20.9 Å². The molecule has 0 radical (unpaired) electrons. The Morgan fingerprint density at radius 3 is 2.06 bits per heavy atom. The molecule has 12 nitrogen and oxygen atoms in total. The van der Waals surface area contributed by atoms with E-state index >= 15 is 0 Å². The summed E-state index contributed by atoms with van der Waals surface area (Å²) in [7, 11) is 0. The molecule has 0 bridgehead atoms. The van der Waals surface area contributed by atoms with E-state index < -0.39 is 35.3 Å². The smallest absolute Gasteiger partial charge is 0.246 e. The van der Waals surface area contributed by atoms with Crippen LogP contribution in [0.2, 0.25) is 0 Å². The van der Waals surface area contributed by atoms with Crippen molar-refractivity contribution in [2.45, 2.75) is 108 Å². The van der Waals surface area contributed by atoms with E-state index in [-0.39, 0.29) is 42.9 Å². The van der Waals surface area contributed by atoms with E-state index in [1.807, 2.05) is 45.9 Å². The number of hydrogen-bond acceptors (Lipinski definition) is 9. The van der Waals surface area contributed by atoms with E-state index in [2.05, 4.69) is 16.0 Å². The Hall–Kier alpha value is -2.84. The van der Waals surface area contributed by atoms with Crippen LogP contribution in [0.3, 0.4) is 0 Å². The molecule has 1 saturated heterocycles. The Morgan fingerprint density at radius 2 is 1.53 bits per heavy atom. The van der Waals surface area contributed by atoms with Gasteiger partial charge in [0.25, 0.3) is 0 Å². The van der Waals surface area contributed by atoms with E-state index in [9.17, 15) is 24.0 Å². The number of pyridine rings is 1. The predicted octanol–water partition coefficient (Wildman–Crippen LogP) is 2.81. The predicted molar refractivity (Wildman–Crippen MR) is 187 cm³/mol. The summed E-state index contributed by atoms with van der Waals surface area (Å²) in [5, 5.41) is 8.61. The molecule has 14 heteroatoms. The standard InChI is InChI=1S/C33H54N6O6S2/c1-5-23(4)29(30(35)42)38-31(43)26(19-22(2)3)37-32(44)33(13-15-45-16-14-33)39-28(41)12-8-18-47-21-25-10-6-9-24(36-25)20-46-17-7-11-27(34)40/h6,9-10,22-23,26,29H,5,7-8,11-21H2,1-4H3,(H2,34,40)(H2,35,42)(H,37,44)(H,38,43)(H,39,41)/t23-,26-,29-/m0/s1. The van der Waals surface area contributed by atoms with E-state index in [1.54, 1.807) is 23.5 Å². The lowest BCUT2D eigenvalue weighted by Gasteiger charge is -2.38. The minimum atomic E-state index is -1.19. The molecule has 1 fully saturated rings. The molecule has 264 valence electrons. The van der Waals surface area contributed by atoms with Crippen molar-refractivity contribution >= 4 is 53.1 Å². The summed E-state index contributed by atoms with van der Waals surface area (Å²) in [6.45, 7) is 8.25. The van der Waals surface area contributed by atoms with Gasteiger partial charge in [-0.3, -0.25) is 29.0 Å². The number of primary amides is 2. The van der Waals surface area contributed by atoms with Crippen LogP contribution >= 0.6 is 23.5 Å². The molecule has 0 saturated carbocycles. The maximum atomic E-state index is 13.8. The molecule has 0 unspecified atom stereocenters. The number of carbonyl (C=O) groups excluding carboxylic acids is 5. The Kier molecular flexibility index (Phi) is 18.2. The molecule has 1 aromatic rings. The first-order chi connectivity index (χ1) is 22.4. The van der Waals surface area contributed by atoms with Crippen LogP contribution in [0.1, 0.15) is 90.4 Å². The third-order valence-electron chi connectivity index (χ3n) is 8.07. The first-order valence-electron chi connectivity index (χ1n) is 16.5. The number of nitrogens with zero attached hydrogens (tertiary/aromatic N) is 1. The highest BCUT2D eigenvalue weighted by molar-refractivity contribution is 7.98. The second-order valence-electron chi connectivity index (χ2n) is 12.6. The van der Waals surface area contributed by atoms with Gasteiger partial charge in [0.1, 0.15) is 17.6 Å². The number of aromatic nitrogens is 1. The van der Waals surface area contributed by atoms with Crippen LogP contribution in [0.15, 0.2) is 18.2 Å². The zero-order valence-electron chi connectivity index (χ0n) is 28.3. The molecule has 5 amide bonds. The summed E-state index contributed by atoms with van der Waals surface area (Å²) in [4.78, 5) is 67.8. The van der Waals surface area contributed by atoms with Crippen LogP contribution in [-0.4, -0.2) is 76.9 Å². The maximum absolute atomic E-state index is 13.8. The van der Waals surface area contributed by atoms with Gasteiger partial charge in [-0.05, 0) is 54.7 Å². The van der Waals surface area contributed by atoms with E-state index in [1.165, 1.54) is 0 Å². The molecule has 0 aliphatic carbocycles. The van der Waals surface area contributed by atoms with Gasteiger partial charge in [0.15, 0.2) is 0 Å². The van der Waals surface area contributed by atoms with Crippen molar-refractivity contribution in [2.24, 2.45) is 23.3 Å². The van der Waals surface area contributed by atoms with Crippen molar-refractivity contribution < 1.29 is 28.7 Å². The molecule has 0 spiro atoms. The van der Waals surface area contributed by atoms with Crippen LogP contribution in [0, 0.1) is 11.8 Å². The molecule has 2 heterocycles. The van der Waals surface area contributed by atoms with Gasteiger partial charge in [0.05, 0.1) is 11.4 Å². The topological polar surface area (TPSA) is 196 Å². The second-order valence-corrected chi connectivity index (χ2v) is 14.8. The maximum Gasteiger partial charge on any atom is 0.246 e. The van der Waals surface area contributed by atoms with E-state index in [0.717, 1.165) is 40.8 Å². The highest BCUT2D eigenvalue weighted by Gasteiger charge is 2.43. The number of carbonyl (C=O) groups is 5. The zero-order chi connectivity index (χ0) is 34.8. The highest BCUT2D eigenvalue weighted by Crippen LogP contribution is 2.23. The largest absolute Gasteiger partial charge is 0.381 e. The summed E-state index contributed by atoms with van der Waals surface area (Å²) in [5.74, 6) is 0.974. The third kappa shape index (κ3) is 14.9. The first kappa shape index (κ1) is 40.3. The van der Waals surface area contributed by atoms with Crippen LogP contribution in [0.25, 0.3) is 0 Å². The molecular formula is C33H54N6O6S2. The van der Waals surface area contributed by atoms with Gasteiger partial charge >= 0.3 is 0 Å². The first-order valence-corrected chi connectivity index (χ1v) is 18.9. The lowest BCUT2D eigenvalue weighted by atomic mass is 9.87. The van der Waals surface area contributed by atoms with Gasteiger partial charge in [-0.1, -0.05) is 40.2 Å². The number of ether oxygens (including phenoxy) is 1. The molecular weight excluding hydrogens is 641 g/mol. The van der Waals surface area contributed by atoms with Gasteiger partial charge < -0.3 is 32.2 Å². The summed E-state index contributed by atoms with van der Waals surface area (Å²) in [6.07, 6.45) is 3.62.